The van der Waals surface area contributed by atoms with Gasteiger partial charge in [0.25, 0.3) is 0 Å². The highest BCUT2D eigenvalue weighted by Gasteiger charge is 2.10. The van der Waals surface area contributed by atoms with Gasteiger partial charge < -0.3 is 5.11 Å². The van der Waals surface area contributed by atoms with Gasteiger partial charge in [0.05, 0.1) is 0 Å². The van der Waals surface area contributed by atoms with E-state index in [1.165, 1.54) is 94.6 Å². The zero-order chi connectivity index (χ0) is 17.6. The average Bonchev–Trinajstić information content (AvgIpc) is 2.55. The van der Waals surface area contributed by atoms with Crippen LogP contribution in [0.5, 0.6) is 5.75 Å². The Morgan fingerprint density at radius 3 is 1.80 bits per heavy atom. The molecule has 0 bridgehead atoms. The molecule has 1 unspecified atom stereocenters. The van der Waals surface area contributed by atoms with Crippen molar-refractivity contribution < 1.29 is 5.11 Å². The molecule has 1 rings (SSSR count). The fourth-order valence-electron chi connectivity index (χ4n) is 3.33. The molecular weight excluding hydrogens is 392 g/mol. The molecule has 0 saturated heterocycles. The van der Waals surface area contributed by atoms with Crippen molar-refractivity contribution in [3.63, 3.8) is 0 Å². The van der Waals surface area contributed by atoms with E-state index in [9.17, 15) is 5.11 Å². The molecule has 25 heavy (non-hydrogen) atoms. The van der Waals surface area contributed by atoms with Gasteiger partial charge in [0.15, 0.2) is 0 Å². The van der Waals surface area contributed by atoms with Crippen molar-refractivity contribution in [1.82, 2.24) is 0 Å². The van der Waals surface area contributed by atoms with E-state index in [2.05, 4.69) is 29.8 Å². The highest BCUT2D eigenvalue weighted by atomic mass is 79.9. The number of halogens is 1. The third-order valence-electron chi connectivity index (χ3n) is 4.90. The zero-order valence-electron chi connectivity index (χ0n) is 16.4. The van der Waals surface area contributed by atoms with E-state index in [1.54, 1.807) is 6.07 Å². The third-order valence-corrected chi connectivity index (χ3v) is 5.85. The topological polar surface area (TPSA) is 20.2 Å². The van der Waals surface area contributed by atoms with E-state index < -0.39 is 0 Å². The minimum Gasteiger partial charge on any atom is -0.508 e. The lowest BCUT2D eigenvalue weighted by Gasteiger charge is -2.13. The molecule has 1 N–H and O–H groups in total. The van der Waals surface area contributed by atoms with Gasteiger partial charge >= 0.3 is 0 Å². The summed E-state index contributed by atoms with van der Waals surface area (Å²) in [4.78, 5) is 0.418. The van der Waals surface area contributed by atoms with Gasteiger partial charge in [-0.05, 0) is 36.6 Å². The van der Waals surface area contributed by atoms with E-state index in [-0.39, 0.29) is 13.5 Å². The fourth-order valence-corrected chi connectivity index (χ4v) is 4.17. The van der Waals surface area contributed by atoms with Gasteiger partial charge in [-0.1, -0.05) is 119 Å². The van der Waals surface area contributed by atoms with Crippen LogP contribution in [0.1, 0.15) is 106 Å². The van der Waals surface area contributed by atoms with Crippen LogP contribution in [0, 0.1) is 6.92 Å². The summed E-state index contributed by atoms with van der Waals surface area (Å²) in [5.74, 6) is 0.362. The third kappa shape index (κ3) is 12.0. The molecule has 3 heteroatoms. The Balaban J connectivity index is 0.00000576. The number of alkyl halides is 1. The summed E-state index contributed by atoms with van der Waals surface area (Å²) < 4.78 is 0. The second-order valence-corrected chi connectivity index (χ2v) is 8.29. The maximum Gasteiger partial charge on any atom is 0.115 e. The standard InChI is InChI=1S/C22H37BrO.H2S/c1-3-4-5-6-7-8-9-10-11-12-13-14-15-22(23)21-17-16-20(24)18-19(21)2;/h16-18,22,24H,3-15H2,1-2H3;1H2/p+1. The van der Waals surface area contributed by atoms with E-state index >= 15 is 0 Å². The lowest BCUT2D eigenvalue weighted by atomic mass is 10.0. The number of unbranched alkanes of at least 4 members (excludes halogenated alkanes) is 11. The number of aromatic hydroxyl groups is 1. The van der Waals surface area contributed by atoms with Crippen molar-refractivity contribution in [2.24, 2.45) is 0 Å². The van der Waals surface area contributed by atoms with E-state index in [1.807, 2.05) is 12.1 Å². The molecule has 0 amide bonds. The molecule has 0 fully saturated rings. The molecule has 1 nitrogen and oxygen atoms in total. The molecule has 1 aromatic rings. The number of phenolic OH excluding ortho intramolecular Hbond substituents is 1. The van der Waals surface area contributed by atoms with Crippen LogP contribution in [0.3, 0.4) is 0 Å². The summed E-state index contributed by atoms with van der Waals surface area (Å²) in [5, 5.41) is 9.49. The molecule has 0 heterocycles. The van der Waals surface area contributed by atoms with Gasteiger partial charge in [-0.2, -0.15) is 0 Å². The molecule has 0 aliphatic heterocycles. The molecule has 146 valence electrons. The predicted octanol–water partition coefficient (Wildman–Crippen LogP) is 7.42. The minimum atomic E-state index is 0. The van der Waals surface area contributed by atoms with Crippen LogP contribution in [0.2, 0.25) is 0 Å². The molecular formula is C22H40BrOS+. The van der Waals surface area contributed by atoms with Crippen LogP contribution >= 0.6 is 15.9 Å². The van der Waals surface area contributed by atoms with Crippen molar-refractivity contribution >= 4 is 29.4 Å². The van der Waals surface area contributed by atoms with Gasteiger partial charge in [-0.3, -0.25) is 0 Å². The molecule has 0 radical (unpaired) electrons. The molecule has 1 aromatic carbocycles. The second-order valence-electron chi connectivity index (χ2n) is 7.19. The number of aryl methyl sites for hydroxylation is 1. The SMILES string of the molecule is CCCCCCCCCCCCCCC(Br)c1ccc(O)cc1C.[SH3+]. The first kappa shape index (κ1) is 24.8. The minimum absolute atomic E-state index is 0. The first-order valence-electron chi connectivity index (χ1n) is 10.1. The molecule has 0 saturated carbocycles. The van der Waals surface area contributed by atoms with E-state index in [4.69, 9.17) is 0 Å². The van der Waals surface area contributed by atoms with Crippen LogP contribution in [-0.2, 0) is 13.5 Å². The monoisotopic (exact) mass is 431 g/mol. The van der Waals surface area contributed by atoms with Crippen molar-refractivity contribution in [2.45, 2.75) is 102 Å². The van der Waals surface area contributed by atoms with Gasteiger partial charge in [-0.25, -0.2) is 0 Å². The number of benzene rings is 1. The lowest BCUT2D eigenvalue weighted by Crippen LogP contribution is -1.94. The molecule has 0 aliphatic carbocycles. The predicted molar refractivity (Wildman–Crippen MR) is 122 cm³/mol. The second kappa shape index (κ2) is 16.1. The van der Waals surface area contributed by atoms with Crippen molar-refractivity contribution in [3.8, 4) is 5.75 Å². The molecule has 0 aromatic heterocycles. The highest BCUT2D eigenvalue weighted by Crippen LogP contribution is 2.32. The molecule has 1 atom stereocenters. The van der Waals surface area contributed by atoms with Crippen molar-refractivity contribution in [1.29, 1.82) is 0 Å². The first-order chi connectivity index (χ1) is 11.6. The Morgan fingerprint density at radius 1 is 0.840 bits per heavy atom. The summed E-state index contributed by atoms with van der Waals surface area (Å²) in [6, 6.07) is 5.69. The Bertz CT molecular complexity index is 436. The maximum absolute atomic E-state index is 9.49. The molecule has 0 aliphatic rings. The molecule has 0 spiro atoms. The van der Waals surface area contributed by atoms with Gasteiger partial charge in [0, 0.05) is 4.83 Å². The quantitative estimate of drug-likeness (QED) is 0.184. The van der Waals surface area contributed by atoms with Crippen LogP contribution in [0.25, 0.3) is 0 Å². The Morgan fingerprint density at radius 2 is 1.32 bits per heavy atom. The van der Waals surface area contributed by atoms with E-state index in [0.717, 1.165) is 0 Å². The van der Waals surface area contributed by atoms with Crippen LogP contribution in [0.4, 0.5) is 0 Å². The number of hydrogen-bond donors (Lipinski definition) is 1. The summed E-state index contributed by atoms with van der Waals surface area (Å²) in [6.45, 7) is 4.36. The van der Waals surface area contributed by atoms with Crippen LogP contribution < -0.4 is 0 Å². The van der Waals surface area contributed by atoms with E-state index in [0.29, 0.717) is 10.6 Å². The number of rotatable bonds is 14. The summed E-state index contributed by atoms with van der Waals surface area (Å²) in [5.41, 5.74) is 2.49. The smallest absolute Gasteiger partial charge is 0.115 e. The first-order valence-corrected chi connectivity index (χ1v) is 11.0. The normalized spacial score (nSPS) is 12.0. The van der Waals surface area contributed by atoms with Gasteiger partial charge in [0.1, 0.15) is 5.75 Å². The summed E-state index contributed by atoms with van der Waals surface area (Å²) >= 11 is 3.81. The largest absolute Gasteiger partial charge is 0.508 e. The zero-order valence-corrected chi connectivity index (χ0v) is 19.1. The van der Waals surface area contributed by atoms with Crippen molar-refractivity contribution in [3.05, 3.63) is 29.3 Å². The lowest BCUT2D eigenvalue weighted by molar-refractivity contribution is 0.474. The summed E-state index contributed by atoms with van der Waals surface area (Å²) in [7, 11) is 0. The Hall–Kier alpha value is -0.150. The van der Waals surface area contributed by atoms with Crippen LogP contribution in [-0.4, -0.2) is 5.11 Å². The average molecular weight is 433 g/mol. The summed E-state index contributed by atoms with van der Waals surface area (Å²) in [6.07, 6.45) is 18.0. The Kier molecular flexibility index (Phi) is 16.0. The maximum atomic E-state index is 9.49. The van der Waals surface area contributed by atoms with Gasteiger partial charge in [0.2, 0.25) is 0 Å². The van der Waals surface area contributed by atoms with Crippen molar-refractivity contribution in [2.75, 3.05) is 0 Å². The number of phenols is 1. The highest BCUT2D eigenvalue weighted by molar-refractivity contribution is 9.09. The van der Waals surface area contributed by atoms with Gasteiger partial charge in [-0.15, -0.1) is 0 Å². The number of hydrogen-bond acceptors (Lipinski definition) is 1. The van der Waals surface area contributed by atoms with Crippen LogP contribution in [0.15, 0.2) is 18.2 Å². The fraction of sp³-hybridized carbons (Fsp3) is 0.727. The Labute approximate surface area is 171 Å².